The van der Waals surface area contributed by atoms with Crippen LogP contribution in [0.15, 0.2) is 83.0 Å². The first-order valence-electron chi connectivity index (χ1n) is 10.9. The molecule has 0 N–H and O–H groups in total. The van der Waals surface area contributed by atoms with Gasteiger partial charge < -0.3 is 4.74 Å². The fraction of sp³-hybridized carbons (Fsp3) is 0.154. The smallest absolute Gasteiger partial charge is 0.333 e. The summed E-state index contributed by atoms with van der Waals surface area (Å²) in [7, 11) is 0. The van der Waals surface area contributed by atoms with Gasteiger partial charge in [0.1, 0.15) is 0 Å². The lowest BCUT2D eigenvalue weighted by Crippen LogP contribution is -2.09. The number of fused-ring (bicyclic) bond motifs is 4. The van der Waals surface area contributed by atoms with Crippen LogP contribution in [-0.4, -0.2) is 22.5 Å². The van der Waals surface area contributed by atoms with Crippen molar-refractivity contribution in [1.82, 2.24) is 4.98 Å². The van der Waals surface area contributed by atoms with Crippen molar-refractivity contribution in [2.45, 2.75) is 19.3 Å². The number of non-ortho nitro benzene ring substituents is 1. The fourth-order valence-electron chi connectivity index (χ4n) is 4.22. The highest BCUT2D eigenvalue weighted by Gasteiger charge is 2.28. The largest absolute Gasteiger partial charge is 0.462 e. The van der Waals surface area contributed by atoms with Crippen molar-refractivity contribution < 1.29 is 14.5 Å². The zero-order valence-corrected chi connectivity index (χ0v) is 19.6. The Balaban J connectivity index is 1.40. The summed E-state index contributed by atoms with van der Waals surface area (Å²) >= 11 is 1.25. The van der Waals surface area contributed by atoms with Gasteiger partial charge in [0.2, 0.25) is 5.13 Å². The summed E-state index contributed by atoms with van der Waals surface area (Å²) in [6.45, 7) is 5.57. The van der Waals surface area contributed by atoms with Gasteiger partial charge in [0.05, 0.1) is 27.4 Å². The van der Waals surface area contributed by atoms with Crippen molar-refractivity contribution >= 4 is 44.0 Å². The molecule has 1 aliphatic carbocycles. The third-order valence-electron chi connectivity index (χ3n) is 5.85. The van der Waals surface area contributed by atoms with Crippen LogP contribution in [0.4, 0.5) is 16.5 Å². The molecule has 35 heavy (non-hydrogen) atoms. The second kappa shape index (κ2) is 9.19. The molecule has 1 heterocycles. The van der Waals surface area contributed by atoms with Crippen LogP contribution in [0.25, 0.3) is 21.3 Å². The van der Waals surface area contributed by atoms with E-state index >= 15 is 0 Å². The normalized spacial score (nSPS) is 14.1. The first-order valence-corrected chi connectivity index (χ1v) is 11.7. The number of carbonyl (C=O) groups excluding carboxylic acids is 1. The summed E-state index contributed by atoms with van der Waals surface area (Å²) in [6, 6.07) is 18.7. The third kappa shape index (κ3) is 4.45. The summed E-state index contributed by atoms with van der Waals surface area (Å²) < 4.78 is 6.02. The molecule has 1 unspecified atom stereocenters. The monoisotopic (exact) mass is 484 g/mol. The van der Waals surface area contributed by atoms with E-state index in [0.717, 1.165) is 16.7 Å². The summed E-state index contributed by atoms with van der Waals surface area (Å²) in [4.78, 5) is 26.7. The van der Waals surface area contributed by atoms with Crippen molar-refractivity contribution in [2.24, 2.45) is 10.2 Å². The van der Waals surface area contributed by atoms with Crippen LogP contribution in [0.2, 0.25) is 0 Å². The van der Waals surface area contributed by atoms with Crippen molar-refractivity contribution in [2.75, 3.05) is 6.61 Å². The average Bonchev–Trinajstić information content (AvgIpc) is 3.40. The second-order valence-electron chi connectivity index (χ2n) is 8.22. The molecular weight excluding hydrogens is 464 g/mol. The first-order chi connectivity index (χ1) is 16.9. The number of hydrogen-bond acceptors (Lipinski definition) is 8. The van der Waals surface area contributed by atoms with Crippen LogP contribution in [0.3, 0.4) is 0 Å². The molecule has 0 amide bonds. The Kier molecular flexibility index (Phi) is 5.92. The first kappa shape index (κ1) is 22.5. The zero-order chi connectivity index (χ0) is 24.5. The van der Waals surface area contributed by atoms with Crippen LogP contribution >= 0.6 is 11.3 Å². The van der Waals surface area contributed by atoms with Crippen molar-refractivity contribution in [3.8, 4) is 11.1 Å². The Morgan fingerprint density at radius 2 is 1.91 bits per heavy atom. The molecule has 0 radical (unpaired) electrons. The number of nitro benzene ring substituents is 1. The van der Waals surface area contributed by atoms with Gasteiger partial charge in [-0.2, -0.15) is 0 Å². The van der Waals surface area contributed by atoms with Crippen LogP contribution < -0.4 is 0 Å². The highest BCUT2D eigenvalue weighted by atomic mass is 32.1. The van der Waals surface area contributed by atoms with Gasteiger partial charge in [0, 0.05) is 23.6 Å². The Bertz CT molecular complexity index is 1530. The topological polar surface area (TPSA) is 107 Å². The second-order valence-corrected chi connectivity index (χ2v) is 9.23. The molecule has 0 fully saturated rings. The van der Waals surface area contributed by atoms with E-state index in [-0.39, 0.29) is 17.6 Å². The summed E-state index contributed by atoms with van der Waals surface area (Å²) in [5.41, 5.74) is 6.28. The number of rotatable bonds is 7. The number of thiazole rings is 1. The summed E-state index contributed by atoms with van der Waals surface area (Å²) in [5.74, 6) is -0.262. The van der Waals surface area contributed by atoms with E-state index in [2.05, 4.69) is 33.9 Å². The zero-order valence-electron chi connectivity index (χ0n) is 18.8. The SMILES string of the molecule is C=C(C)C(=O)OCCC1c2ccccc2-c2cc(N=Nc3nc4ccc([N+](=O)[O-])cc4s3)ccc21. The minimum Gasteiger partial charge on any atom is -0.462 e. The van der Waals surface area contributed by atoms with E-state index < -0.39 is 4.92 Å². The maximum absolute atomic E-state index is 11.8. The molecule has 1 aromatic heterocycles. The standard InChI is InChI=1S/C26H20N4O4S/c1-15(2)25(31)34-12-11-21-18-5-3-4-6-19(18)22-13-16(7-9-20(21)22)28-29-26-27-23-10-8-17(30(32)33)14-24(23)35-26/h3-10,13-14,21H,1,11-12H2,2H3. The molecule has 0 aliphatic heterocycles. The highest BCUT2D eigenvalue weighted by Crippen LogP contribution is 2.47. The van der Waals surface area contributed by atoms with Crippen LogP contribution in [0.1, 0.15) is 30.4 Å². The van der Waals surface area contributed by atoms with E-state index in [1.54, 1.807) is 13.0 Å². The maximum atomic E-state index is 11.8. The molecule has 1 aliphatic rings. The predicted molar refractivity (Wildman–Crippen MR) is 135 cm³/mol. The molecule has 9 heteroatoms. The summed E-state index contributed by atoms with van der Waals surface area (Å²) in [6.07, 6.45) is 0.668. The van der Waals surface area contributed by atoms with Crippen molar-refractivity contribution in [3.05, 3.63) is 94.1 Å². The van der Waals surface area contributed by atoms with E-state index in [1.165, 1.54) is 29.0 Å². The molecular formula is C26H20N4O4S. The van der Waals surface area contributed by atoms with Gasteiger partial charge in [0.25, 0.3) is 5.69 Å². The molecule has 4 aromatic rings. The van der Waals surface area contributed by atoms with Gasteiger partial charge in [-0.15, -0.1) is 10.2 Å². The van der Waals surface area contributed by atoms with E-state index in [1.807, 2.05) is 30.3 Å². The molecule has 1 atom stereocenters. The Labute approximate surface area is 204 Å². The molecule has 0 saturated heterocycles. The number of esters is 1. The van der Waals surface area contributed by atoms with Crippen molar-refractivity contribution in [1.29, 1.82) is 0 Å². The minimum absolute atomic E-state index is 0.0193. The minimum atomic E-state index is -0.430. The third-order valence-corrected chi connectivity index (χ3v) is 6.75. The Hall–Kier alpha value is -4.24. The Morgan fingerprint density at radius 1 is 1.11 bits per heavy atom. The van der Waals surface area contributed by atoms with E-state index in [4.69, 9.17) is 4.74 Å². The van der Waals surface area contributed by atoms with Gasteiger partial charge in [-0.1, -0.05) is 48.2 Å². The lowest BCUT2D eigenvalue weighted by molar-refractivity contribution is -0.384. The molecule has 5 rings (SSSR count). The molecule has 8 nitrogen and oxygen atoms in total. The number of carbonyl (C=O) groups is 1. The quantitative estimate of drug-likeness (QED) is 0.0903. The lowest BCUT2D eigenvalue weighted by Gasteiger charge is -2.14. The summed E-state index contributed by atoms with van der Waals surface area (Å²) in [5, 5.41) is 20.1. The average molecular weight is 485 g/mol. The molecule has 3 aromatic carbocycles. The Morgan fingerprint density at radius 3 is 2.71 bits per heavy atom. The van der Waals surface area contributed by atoms with Crippen LogP contribution in [0, 0.1) is 10.1 Å². The van der Waals surface area contributed by atoms with Crippen molar-refractivity contribution in [3.63, 3.8) is 0 Å². The molecule has 0 bridgehead atoms. The predicted octanol–water partition coefficient (Wildman–Crippen LogP) is 7.24. The maximum Gasteiger partial charge on any atom is 0.333 e. The number of nitro groups is 1. The highest BCUT2D eigenvalue weighted by molar-refractivity contribution is 7.21. The number of nitrogens with zero attached hydrogens (tertiary/aromatic N) is 4. The molecule has 0 saturated carbocycles. The molecule has 0 spiro atoms. The van der Waals surface area contributed by atoms with Gasteiger partial charge >= 0.3 is 5.97 Å². The fourth-order valence-corrected chi connectivity index (χ4v) is 5.04. The van der Waals surface area contributed by atoms with E-state index in [9.17, 15) is 14.9 Å². The molecule has 174 valence electrons. The van der Waals surface area contributed by atoms with Gasteiger partial charge in [-0.3, -0.25) is 10.1 Å². The van der Waals surface area contributed by atoms with Crippen LogP contribution in [-0.2, 0) is 9.53 Å². The van der Waals surface area contributed by atoms with Gasteiger partial charge in [-0.05, 0) is 53.8 Å². The van der Waals surface area contributed by atoms with Gasteiger partial charge in [-0.25, -0.2) is 9.78 Å². The number of ether oxygens (including phenoxy) is 1. The van der Waals surface area contributed by atoms with Gasteiger partial charge in [0.15, 0.2) is 0 Å². The lowest BCUT2D eigenvalue weighted by atomic mass is 9.94. The number of hydrogen-bond donors (Lipinski definition) is 0. The van der Waals surface area contributed by atoms with E-state index in [0.29, 0.717) is 39.6 Å². The number of azo groups is 1. The number of aromatic nitrogens is 1. The number of benzene rings is 3. The van der Waals surface area contributed by atoms with Crippen LogP contribution in [0.5, 0.6) is 0 Å².